The van der Waals surface area contributed by atoms with E-state index in [2.05, 4.69) is 20.0 Å². The van der Waals surface area contributed by atoms with Crippen LogP contribution < -0.4 is 15.6 Å². The molecule has 0 bridgehead atoms. The van der Waals surface area contributed by atoms with Crippen molar-refractivity contribution in [1.29, 1.82) is 0 Å². The molecule has 0 aliphatic heterocycles. The van der Waals surface area contributed by atoms with Gasteiger partial charge in [-0.25, -0.2) is 4.98 Å². The number of H-pyrrole nitrogens is 1. The fourth-order valence-electron chi connectivity index (χ4n) is 3.06. The second-order valence-electron chi connectivity index (χ2n) is 6.66. The summed E-state index contributed by atoms with van der Waals surface area (Å²) in [4.78, 5) is 34.0. The van der Waals surface area contributed by atoms with E-state index in [4.69, 9.17) is 0 Å². The molecule has 7 nitrogen and oxygen atoms in total. The molecule has 1 aromatic heterocycles. The number of aromatic amines is 1. The number of hydrogen-bond donors (Lipinski definition) is 2. The Morgan fingerprint density at radius 3 is 2.57 bits per heavy atom. The third kappa shape index (κ3) is 5.18. The van der Waals surface area contributed by atoms with Gasteiger partial charge in [-0.3, -0.25) is 14.5 Å². The SMILES string of the molecule is CCN(Cc1nc2ccccc2c(=O)[nH]1)C(C)C(=O)Nc1ccc(OC(F)F)cc1. The lowest BCUT2D eigenvalue weighted by molar-refractivity contribution is -0.120. The molecule has 0 fully saturated rings. The number of carbonyl (C=O) groups is 1. The number of carbonyl (C=O) groups excluding carboxylic acids is 1. The zero-order chi connectivity index (χ0) is 21.7. The Hall–Kier alpha value is -3.33. The minimum atomic E-state index is -2.90. The van der Waals surface area contributed by atoms with Gasteiger partial charge in [0.1, 0.15) is 11.6 Å². The molecule has 158 valence electrons. The smallest absolute Gasteiger partial charge is 0.387 e. The van der Waals surface area contributed by atoms with Gasteiger partial charge in [0.15, 0.2) is 0 Å². The number of fused-ring (bicyclic) bond motifs is 1. The van der Waals surface area contributed by atoms with Crippen molar-refractivity contribution in [3.05, 3.63) is 64.7 Å². The lowest BCUT2D eigenvalue weighted by Gasteiger charge is -2.26. The van der Waals surface area contributed by atoms with Gasteiger partial charge in [0, 0.05) is 5.69 Å². The maximum absolute atomic E-state index is 12.6. The van der Waals surface area contributed by atoms with E-state index in [-0.39, 0.29) is 23.8 Å². The van der Waals surface area contributed by atoms with Crippen molar-refractivity contribution in [1.82, 2.24) is 14.9 Å². The quantitative estimate of drug-likeness (QED) is 0.588. The van der Waals surface area contributed by atoms with Gasteiger partial charge < -0.3 is 15.0 Å². The van der Waals surface area contributed by atoms with Gasteiger partial charge >= 0.3 is 6.61 Å². The largest absolute Gasteiger partial charge is 0.435 e. The highest BCUT2D eigenvalue weighted by molar-refractivity contribution is 5.94. The van der Waals surface area contributed by atoms with Gasteiger partial charge in [0.25, 0.3) is 5.56 Å². The molecule has 0 saturated carbocycles. The first-order valence-electron chi connectivity index (χ1n) is 9.45. The number of hydrogen-bond acceptors (Lipinski definition) is 5. The summed E-state index contributed by atoms with van der Waals surface area (Å²) in [5.41, 5.74) is 0.826. The van der Waals surface area contributed by atoms with Crippen LogP contribution in [0.4, 0.5) is 14.5 Å². The molecule has 3 rings (SSSR count). The average Bonchev–Trinajstić information content (AvgIpc) is 2.72. The number of aromatic nitrogens is 2. The number of halogens is 2. The fourth-order valence-corrected chi connectivity index (χ4v) is 3.06. The van der Waals surface area contributed by atoms with E-state index in [1.807, 2.05) is 17.9 Å². The van der Waals surface area contributed by atoms with Crippen LogP contribution >= 0.6 is 0 Å². The Morgan fingerprint density at radius 1 is 1.20 bits per heavy atom. The van der Waals surface area contributed by atoms with E-state index in [1.165, 1.54) is 24.3 Å². The van der Waals surface area contributed by atoms with Crippen LogP contribution in [0, 0.1) is 0 Å². The molecule has 0 aliphatic rings. The van der Waals surface area contributed by atoms with Crippen molar-refractivity contribution in [2.45, 2.75) is 33.0 Å². The monoisotopic (exact) mass is 416 g/mol. The Bertz CT molecular complexity index is 1070. The Labute approximate surface area is 171 Å². The molecule has 0 aliphatic carbocycles. The van der Waals surface area contributed by atoms with Crippen molar-refractivity contribution in [2.75, 3.05) is 11.9 Å². The van der Waals surface area contributed by atoms with Gasteiger partial charge in [-0.2, -0.15) is 8.78 Å². The van der Waals surface area contributed by atoms with Gasteiger partial charge in [-0.15, -0.1) is 0 Å². The maximum Gasteiger partial charge on any atom is 0.387 e. The molecule has 1 atom stereocenters. The van der Waals surface area contributed by atoms with E-state index in [9.17, 15) is 18.4 Å². The van der Waals surface area contributed by atoms with E-state index in [0.717, 1.165) is 0 Å². The molecule has 30 heavy (non-hydrogen) atoms. The van der Waals surface area contributed by atoms with Gasteiger partial charge in [-0.05, 0) is 49.9 Å². The summed E-state index contributed by atoms with van der Waals surface area (Å²) in [6, 6.07) is 12.2. The Balaban J connectivity index is 1.68. The number of amides is 1. The van der Waals surface area contributed by atoms with Crippen LogP contribution in [0.3, 0.4) is 0 Å². The van der Waals surface area contributed by atoms with Gasteiger partial charge in [-0.1, -0.05) is 19.1 Å². The van der Waals surface area contributed by atoms with Crippen molar-refractivity contribution < 1.29 is 18.3 Å². The predicted octanol–water partition coefficient (Wildman–Crippen LogP) is 3.37. The molecule has 1 amide bonds. The van der Waals surface area contributed by atoms with Crippen molar-refractivity contribution in [2.24, 2.45) is 0 Å². The number of para-hydroxylation sites is 1. The van der Waals surface area contributed by atoms with Crippen molar-refractivity contribution in [3.63, 3.8) is 0 Å². The minimum Gasteiger partial charge on any atom is -0.435 e. The van der Waals surface area contributed by atoms with Crippen molar-refractivity contribution >= 4 is 22.5 Å². The number of likely N-dealkylation sites (N-methyl/N-ethyl adjacent to an activating group) is 1. The van der Waals surface area contributed by atoms with E-state index < -0.39 is 12.7 Å². The number of anilines is 1. The molecule has 2 N–H and O–H groups in total. The summed E-state index contributed by atoms with van der Waals surface area (Å²) in [5.74, 6) is 0.203. The predicted molar refractivity (Wildman–Crippen MR) is 110 cm³/mol. The summed E-state index contributed by atoms with van der Waals surface area (Å²) in [7, 11) is 0. The summed E-state index contributed by atoms with van der Waals surface area (Å²) < 4.78 is 28.8. The molecule has 9 heteroatoms. The highest BCUT2D eigenvalue weighted by atomic mass is 19.3. The average molecular weight is 416 g/mol. The van der Waals surface area contributed by atoms with Crippen molar-refractivity contribution in [3.8, 4) is 5.75 Å². The second-order valence-corrected chi connectivity index (χ2v) is 6.66. The van der Waals surface area contributed by atoms with Crippen LogP contribution in [-0.4, -0.2) is 40.0 Å². The molecule has 0 spiro atoms. The normalized spacial score (nSPS) is 12.3. The standard InChI is InChI=1S/C21H22F2N4O3/c1-3-27(12-18-25-17-7-5-4-6-16(17)20(29)26-18)13(2)19(28)24-14-8-10-15(11-9-14)30-21(22)23/h4-11,13,21H,3,12H2,1-2H3,(H,24,28)(H,25,26,29). The van der Waals surface area contributed by atoms with E-state index in [0.29, 0.717) is 29.0 Å². The molecule has 0 saturated heterocycles. The molecule has 3 aromatic rings. The summed E-state index contributed by atoms with van der Waals surface area (Å²) in [6.07, 6.45) is 0. The van der Waals surface area contributed by atoms with Crippen LogP contribution in [0.2, 0.25) is 0 Å². The Kier molecular flexibility index (Phi) is 6.73. The molecule has 1 unspecified atom stereocenters. The number of alkyl halides is 2. The minimum absolute atomic E-state index is 0.0116. The first kappa shape index (κ1) is 21.4. The highest BCUT2D eigenvalue weighted by Gasteiger charge is 2.21. The summed E-state index contributed by atoms with van der Waals surface area (Å²) in [6.45, 7) is 1.57. The first-order valence-corrected chi connectivity index (χ1v) is 9.45. The number of rotatable bonds is 8. The molecular weight excluding hydrogens is 394 g/mol. The van der Waals surface area contributed by atoms with Crippen LogP contribution in [0.1, 0.15) is 19.7 Å². The lowest BCUT2D eigenvalue weighted by atomic mass is 10.2. The zero-order valence-corrected chi connectivity index (χ0v) is 16.6. The maximum atomic E-state index is 12.6. The summed E-state index contributed by atoms with van der Waals surface area (Å²) >= 11 is 0. The topological polar surface area (TPSA) is 87.3 Å². The molecular formula is C21H22F2N4O3. The van der Waals surface area contributed by atoms with Crippen LogP contribution in [0.5, 0.6) is 5.75 Å². The first-order chi connectivity index (χ1) is 14.4. The van der Waals surface area contributed by atoms with Gasteiger partial charge in [0.2, 0.25) is 5.91 Å². The van der Waals surface area contributed by atoms with Crippen LogP contribution in [-0.2, 0) is 11.3 Å². The number of benzene rings is 2. The van der Waals surface area contributed by atoms with E-state index >= 15 is 0 Å². The van der Waals surface area contributed by atoms with Gasteiger partial charge in [0.05, 0.1) is 23.5 Å². The zero-order valence-electron chi connectivity index (χ0n) is 16.6. The molecule has 1 heterocycles. The number of ether oxygens (including phenoxy) is 1. The molecule has 0 radical (unpaired) electrons. The van der Waals surface area contributed by atoms with Crippen LogP contribution in [0.15, 0.2) is 53.3 Å². The Morgan fingerprint density at radius 2 is 1.90 bits per heavy atom. The van der Waals surface area contributed by atoms with Crippen LogP contribution in [0.25, 0.3) is 10.9 Å². The van der Waals surface area contributed by atoms with E-state index in [1.54, 1.807) is 25.1 Å². The highest BCUT2D eigenvalue weighted by Crippen LogP contribution is 2.18. The number of nitrogens with one attached hydrogen (secondary N) is 2. The third-order valence-electron chi connectivity index (χ3n) is 4.70. The molecule has 2 aromatic carbocycles. The second kappa shape index (κ2) is 9.45. The fraction of sp³-hybridized carbons (Fsp3) is 0.286. The lowest BCUT2D eigenvalue weighted by Crippen LogP contribution is -2.42. The summed E-state index contributed by atoms with van der Waals surface area (Å²) in [5, 5.41) is 3.26. The third-order valence-corrected chi connectivity index (χ3v) is 4.70. The number of nitrogens with zero attached hydrogens (tertiary/aromatic N) is 2.